The average Bonchev–Trinajstić information content (AvgIpc) is 2.21. The zero-order valence-corrected chi connectivity index (χ0v) is 9.01. The van der Waals surface area contributed by atoms with E-state index in [0.29, 0.717) is 27.6 Å². The Hall–Kier alpha value is -1.22. The van der Waals surface area contributed by atoms with Gasteiger partial charge < -0.3 is 9.47 Å². The van der Waals surface area contributed by atoms with Gasteiger partial charge in [0.25, 0.3) is 0 Å². The molecule has 0 heterocycles. The molecule has 0 N–H and O–H groups in total. The zero-order chi connectivity index (χ0) is 10.7. The summed E-state index contributed by atoms with van der Waals surface area (Å²) >= 11 is 6.00. The van der Waals surface area contributed by atoms with Gasteiger partial charge in [-0.15, -0.1) is 0 Å². The first-order valence-electron chi connectivity index (χ1n) is 4.02. The summed E-state index contributed by atoms with van der Waals surface area (Å²) in [7, 11) is 3.00. The Labute approximate surface area is 87.6 Å². The summed E-state index contributed by atoms with van der Waals surface area (Å²) in [6, 6.07) is 1.60. The molecule has 0 atom stereocenters. The maximum absolute atomic E-state index is 10.7. The van der Waals surface area contributed by atoms with E-state index in [1.54, 1.807) is 13.0 Å². The summed E-state index contributed by atoms with van der Waals surface area (Å²) in [5, 5.41) is 0.411. The van der Waals surface area contributed by atoms with E-state index < -0.39 is 0 Å². The van der Waals surface area contributed by atoms with Crippen LogP contribution in [0.2, 0.25) is 5.02 Å². The van der Waals surface area contributed by atoms with Gasteiger partial charge in [0, 0.05) is 5.56 Å². The van der Waals surface area contributed by atoms with Crippen LogP contribution in [0.15, 0.2) is 6.07 Å². The van der Waals surface area contributed by atoms with Crippen LogP contribution >= 0.6 is 11.6 Å². The van der Waals surface area contributed by atoms with E-state index in [9.17, 15) is 4.79 Å². The maximum atomic E-state index is 10.7. The summed E-state index contributed by atoms with van der Waals surface area (Å²) in [5.41, 5.74) is 1.20. The molecule has 4 heteroatoms. The molecule has 0 radical (unpaired) electrons. The quantitative estimate of drug-likeness (QED) is 0.726. The summed E-state index contributed by atoms with van der Waals surface area (Å²) in [4.78, 5) is 10.7. The molecular formula is C10H11ClO3. The fraction of sp³-hybridized carbons (Fsp3) is 0.300. The van der Waals surface area contributed by atoms with Crippen molar-refractivity contribution in [2.45, 2.75) is 6.92 Å². The average molecular weight is 215 g/mol. The van der Waals surface area contributed by atoms with Gasteiger partial charge in [0.2, 0.25) is 0 Å². The normalized spacial score (nSPS) is 9.71. The Kier molecular flexibility index (Phi) is 3.36. The van der Waals surface area contributed by atoms with Gasteiger partial charge >= 0.3 is 0 Å². The molecule has 3 nitrogen and oxygen atoms in total. The molecule has 0 amide bonds. The summed E-state index contributed by atoms with van der Waals surface area (Å²) in [6.07, 6.45) is 0.739. The number of benzene rings is 1. The molecule has 0 saturated heterocycles. The standard InChI is InChI=1S/C10H11ClO3/c1-6-7(5-12)4-8(13-2)10(14-3)9(6)11/h4-5H,1-3H3. The number of carbonyl (C=O) groups excluding carboxylic acids is 1. The smallest absolute Gasteiger partial charge is 0.179 e. The van der Waals surface area contributed by atoms with Crippen molar-refractivity contribution in [1.82, 2.24) is 0 Å². The molecule has 1 rings (SSSR count). The van der Waals surface area contributed by atoms with Gasteiger partial charge in [-0.2, -0.15) is 0 Å². The van der Waals surface area contributed by atoms with Crippen molar-refractivity contribution < 1.29 is 14.3 Å². The maximum Gasteiger partial charge on any atom is 0.179 e. The Morgan fingerprint density at radius 2 is 2.00 bits per heavy atom. The molecule has 0 fully saturated rings. The second kappa shape index (κ2) is 4.33. The van der Waals surface area contributed by atoms with Gasteiger partial charge in [-0.1, -0.05) is 11.6 Å². The first kappa shape index (κ1) is 10.9. The van der Waals surface area contributed by atoms with Crippen molar-refractivity contribution in [3.8, 4) is 11.5 Å². The molecule has 0 aromatic heterocycles. The van der Waals surface area contributed by atoms with Gasteiger partial charge in [0.05, 0.1) is 19.2 Å². The van der Waals surface area contributed by atoms with Crippen molar-refractivity contribution in [2.75, 3.05) is 14.2 Å². The number of hydrogen-bond acceptors (Lipinski definition) is 3. The molecule has 76 valence electrons. The van der Waals surface area contributed by atoms with Crippen molar-refractivity contribution in [3.63, 3.8) is 0 Å². The first-order chi connectivity index (χ1) is 6.65. The van der Waals surface area contributed by atoms with E-state index in [2.05, 4.69) is 0 Å². The van der Waals surface area contributed by atoms with E-state index >= 15 is 0 Å². The van der Waals surface area contributed by atoms with E-state index in [1.165, 1.54) is 14.2 Å². The lowest BCUT2D eigenvalue weighted by molar-refractivity contribution is 0.112. The van der Waals surface area contributed by atoms with Gasteiger partial charge in [-0.3, -0.25) is 4.79 Å². The molecule has 0 saturated carbocycles. The van der Waals surface area contributed by atoms with Crippen LogP contribution < -0.4 is 9.47 Å². The second-order valence-electron chi connectivity index (χ2n) is 2.76. The van der Waals surface area contributed by atoms with Gasteiger partial charge in [0.15, 0.2) is 17.8 Å². The topological polar surface area (TPSA) is 35.5 Å². The molecule has 0 aliphatic rings. The summed E-state index contributed by atoms with van der Waals surface area (Å²) in [6.45, 7) is 1.76. The molecular weight excluding hydrogens is 204 g/mol. The van der Waals surface area contributed by atoms with Crippen LogP contribution in [0.4, 0.5) is 0 Å². The number of rotatable bonds is 3. The Morgan fingerprint density at radius 1 is 1.36 bits per heavy atom. The Bertz CT molecular complexity index is 361. The highest BCUT2D eigenvalue weighted by Gasteiger charge is 2.14. The largest absolute Gasteiger partial charge is 0.493 e. The van der Waals surface area contributed by atoms with Crippen LogP contribution in [0.3, 0.4) is 0 Å². The van der Waals surface area contributed by atoms with Gasteiger partial charge in [-0.25, -0.2) is 0 Å². The zero-order valence-electron chi connectivity index (χ0n) is 8.26. The lowest BCUT2D eigenvalue weighted by Gasteiger charge is -2.12. The summed E-state index contributed by atoms with van der Waals surface area (Å²) in [5.74, 6) is 0.919. The van der Waals surface area contributed by atoms with Crippen LogP contribution in [0.5, 0.6) is 11.5 Å². The third-order valence-corrected chi connectivity index (χ3v) is 2.48. The predicted octanol–water partition coefficient (Wildman–Crippen LogP) is 2.48. The lowest BCUT2D eigenvalue weighted by atomic mass is 10.1. The van der Waals surface area contributed by atoms with Gasteiger partial charge in [0.1, 0.15) is 0 Å². The van der Waals surface area contributed by atoms with Crippen LogP contribution in [0, 0.1) is 6.92 Å². The molecule has 0 unspecified atom stereocenters. The van der Waals surface area contributed by atoms with E-state index in [0.717, 1.165) is 6.29 Å². The van der Waals surface area contributed by atoms with E-state index in [-0.39, 0.29) is 0 Å². The molecule has 0 aliphatic heterocycles. The molecule has 0 spiro atoms. The summed E-state index contributed by atoms with van der Waals surface area (Å²) < 4.78 is 10.1. The highest BCUT2D eigenvalue weighted by atomic mass is 35.5. The number of ether oxygens (including phenoxy) is 2. The highest BCUT2D eigenvalue weighted by molar-refractivity contribution is 6.33. The van der Waals surface area contributed by atoms with E-state index in [4.69, 9.17) is 21.1 Å². The minimum Gasteiger partial charge on any atom is -0.493 e. The number of aldehydes is 1. The fourth-order valence-electron chi connectivity index (χ4n) is 1.18. The molecule has 1 aromatic rings. The van der Waals surface area contributed by atoms with Crippen molar-refractivity contribution in [1.29, 1.82) is 0 Å². The van der Waals surface area contributed by atoms with Crippen molar-refractivity contribution >= 4 is 17.9 Å². The van der Waals surface area contributed by atoms with Gasteiger partial charge in [-0.05, 0) is 18.6 Å². The molecule has 0 aliphatic carbocycles. The number of hydrogen-bond donors (Lipinski definition) is 0. The number of carbonyl (C=O) groups is 1. The van der Waals surface area contributed by atoms with Crippen LogP contribution in [0.1, 0.15) is 15.9 Å². The molecule has 14 heavy (non-hydrogen) atoms. The monoisotopic (exact) mass is 214 g/mol. The van der Waals surface area contributed by atoms with Crippen molar-refractivity contribution in [2.24, 2.45) is 0 Å². The van der Waals surface area contributed by atoms with Crippen LogP contribution in [-0.2, 0) is 0 Å². The molecule has 0 bridgehead atoms. The highest BCUT2D eigenvalue weighted by Crippen LogP contribution is 2.38. The minimum absolute atomic E-state index is 0.411. The third-order valence-electron chi connectivity index (χ3n) is 2.02. The second-order valence-corrected chi connectivity index (χ2v) is 3.14. The molecule has 1 aromatic carbocycles. The van der Waals surface area contributed by atoms with E-state index in [1.807, 2.05) is 0 Å². The minimum atomic E-state index is 0.411. The van der Waals surface area contributed by atoms with Crippen LogP contribution in [-0.4, -0.2) is 20.5 Å². The Balaban J connectivity index is 3.45. The fourth-order valence-corrected chi connectivity index (χ4v) is 1.46. The SMILES string of the molecule is COc1cc(C=O)c(C)c(Cl)c1OC. The number of methoxy groups -OCH3 is 2. The first-order valence-corrected chi connectivity index (χ1v) is 4.39. The number of halogens is 1. The third kappa shape index (κ3) is 1.68. The van der Waals surface area contributed by atoms with Crippen LogP contribution in [0.25, 0.3) is 0 Å². The van der Waals surface area contributed by atoms with Crippen molar-refractivity contribution in [3.05, 3.63) is 22.2 Å². The predicted molar refractivity (Wildman–Crippen MR) is 54.7 cm³/mol. The Morgan fingerprint density at radius 3 is 2.43 bits per heavy atom. The lowest BCUT2D eigenvalue weighted by Crippen LogP contribution is -1.96.